The lowest BCUT2D eigenvalue weighted by Crippen LogP contribution is -2.31. The molecule has 0 saturated carbocycles. The quantitative estimate of drug-likeness (QED) is 0.298. The number of halogens is 1. The van der Waals surface area contributed by atoms with Crippen molar-refractivity contribution in [3.8, 4) is 0 Å². The van der Waals surface area contributed by atoms with Crippen LogP contribution in [0, 0.1) is 13.8 Å². The van der Waals surface area contributed by atoms with E-state index < -0.39 is 0 Å². The summed E-state index contributed by atoms with van der Waals surface area (Å²) in [5, 5.41) is 9.52. The van der Waals surface area contributed by atoms with Crippen LogP contribution in [0.3, 0.4) is 0 Å². The summed E-state index contributed by atoms with van der Waals surface area (Å²) < 4.78 is 0.792. The van der Waals surface area contributed by atoms with Gasteiger partial charge in [0.1, 0.15) is 0 Å². The van der Waals surface area contributed by atoms with E-state index in [9.17, 15) is 9.59 Å². The van der Waals surface area contributed by atoms with E-state index in [1.165, 1.54) is 16.9 Å². The van der Waals surface area contributed by atoms with Crippen LogP contribution in [0.15, 0.2) is 60.7 Å². The Morgan fingerprint density at radius 2 is 1.76 bits per heavy atom. The molecule has 1 aromatic heterocycles. The minimum absolute atomic E-state index is 0.149. The van der Waals surface area contributed by atoms with Gasteiger partial charge < -0.3 is 10.6 Å². The van der Waals surface area contributed by atoms with Crippen LogP contribution in [0.1, 0.15) is 40.0 Å². The highest BCUT2D eigenvalue weighted by molar-refractivity contribution is 7.22. The maximum atomic E-state index is 12.8. The first-order chi connectivity index (χ1) is 15.8. The van der Waals surface area contributed by atoms with Gasteiger partial charge in [0.15, 0.2) is 5.13 Å². The highest BCUT2D eigenvalue weighted by atomic mass is 35.5. The number of benzene rings is 3. The van der Waals surface area contributed by atoms with Gasteiger partial charge in [0.2, 0.25) is 0 Å². The molecule has 8 heteroatoms. The van der Waals surface area contributed by atoms with Gasteiger partial charge in [-0.15, -0.1) is 0 Å². The first-order valence-electron chi connectivity index (χ1n) is 10.4. The molecule has 3 aromatic carbocycles. The second kappa shape index (κ2) is 9.60. The van der Waals surface area contributed by atoms with Crippen molar-refractivity contribution in [1.82, 2.24) is 10.3 Å². The van der Waals surface area contributed by atoms with Gasteiger partial charge in [-0.1, -0.05) is 64.9 Å². The molecule has 0 fully saturated rings. The average molecular weight is 479 g/mol. The Kier molecular flexibility index (Phi) is 6.62. The number of anilines is 2. The third-order valence-corrected chi connectivity index (χ3v) is 6.51. The molecule has 4 aromatic rings. The van der Waals surface area contributed by atoms with Crippen molar-refractivity contribution < 1.29 is 9.59 Å². The van der Waals surface area contributed by atoms with Crippen molar-refractivity contribution in [2.24, 2.45) is 0 Å². The van der Waals surface area contributed by atoms with Crippen LogP contribution >= 0.6 is 22.9 Å². The fourth-order valence-electron chi connectivity index (χ4n) is 3.36. The SMILES string of the molecule is Cc1ccc([C@@H](C)NC(=O)Nc2nc3ccc(C(=O)Nc4c(C)cccc4Cl)cc3s2)cc1. The van der Waals surface area contributed by atoms with Gasteiger partial charge >= 0.3 is 6.03 Å². The number of aromatic nitrogens is 1. The smallest absolute Gasteiger partial charge is 0.321 e. The third-order valence-electron chi connectivity index (χ3n) is 5.26. The molecule has 0 saturated heterocycles. The molecule has 1 heterocycles. The number of carbonyl (C=O) groups excluding carboxylic acids is 2. The lowest BCUT2D eigenvalue weighted by atomic mass is 10.1. The summed E-state index contributed by atoms with van der Waals surface area (Å²) in [6.45, 7) is 5.83. The molecule has 0 aliphatic rings. The number of para-hydroxylation sites is 1. The van der Waals surface area contributed by atoms with E-state index in [0.717, 1.165) is 15.8 Å². The van der Waals surface area contributed by atoms with Gasteiger partial charge in [-0.2, -0.15) is 0 Å². The number of nitrogens with zero attached hydrogens (tertiary/aromatic N) is 1. The second-order valence-corrected chi connectivity index (χ2v) is 9.26. The normalized spacial score (nSPS) is 11.8. The summed E-state index contributed by atoms with van der Waals surface area (Å²) >= 11 is 7.53. The Morgan fingerprint density at radius 3 is 2.48 bits per heavy atom. The Balaban J connectivity index is 1.44. The van der Waals surface area contributed by atoms with Gasteiger partial charge in [-0.05, 0) is 56.2 Å². The van der Waals surface area contributed by atoms with Crippen molar-refractivity contribution in [3.63, 3.8) is 0 Å². The van der Waals surface area contributed by atoms with E-state index >= 15 is 0 Å². The van der Waals surface area contributed by atoms with Gasteiger partial charge in [0.25, 0.3) is 5.91 Å². The molecular formula is C25H23ClN4O2S. The standard InChI is InChI=1S/C25H23ClN4O2S/c1-14-7-9-17(10-8-14)16(3)27-24(32)30-25-28-20-12-11-18(13-21(20)33-25)23(31)29-22-15(2)5-4-6-19(22)26/h4-13,16H,1-3H3,(H,29,31)(H2,27,28,30,32)/t16-/m1/s1. The first kappa shape index (κ1) is 22.8. The number of urea groups is 1. The lowest BCUT2D eigenvalue weighted by Gasteiger charge is -2.14. The summed E-state index contributed by atoms with van der Waals surface area (Å²) in [5.74, 6) is -0.263. The number of nitrogens with one attached hydrogen (secondary N) is 3. The zero-order valence-electron chi connectivity index (χ0n) is 18.4. The number of rotatable bonds is 5. The minimum Gasteiger partial charge on any atom is -0.331 e. The van der Waals surface area contributed by atoms with Crippen LogP contribution in [0.2, 0.25) is 5.02 Å². The highest BCUT2D eigenvalue weighted by Crippen LogP contribution is 2.29. The van der Waals surface area contributed by atoms with Crippen LogP contribution in [0.25, 0.3) is 10.2 Å². The predicted octanol–water partition coefficient (Wildman–Crippen LogP) is 6.70. The molecule has 0 unspecified atom stereocenters. The number of thiazole rings is 1. The Hall–Kier alpha value is -3.42. The maximum absolute atomic E-state index is 12.8. The van der Waals surface area contributed by atoms with Crippen LogP contribution in [0.5, 0.6) is 0 Å². The summed E-state index contributed by atoms with van der Waals surface area (Å²) in [6.07, 6.45) is 0. The fourth-order valence-corrected chi connectivity index (χ4v) is 4.53. The molecule has 1 atom stereocenters. The number of hydrogen-bond donors (Lipinski definition) is 3. The number of aryl methyl sites for hydroxylation is 2. The fraction of sp³-hybridized carbons (Fsp3) is 0.160. The Labute approximate surface area is 201 Å². The zero-order valence-corrected chi connectivity index (χ0v) is 20.0. The van der Waals surface area contributed by atoms with Gasteiger partial charge in [-0.25, -0.2) is 9.78 Å². The van der Waals surface area contributed by atoms with Crippen LogP contribution in [-0.2, 0) is 0 Å². The maximum Gasteiger partial charge on any atom is 0.321 e. The van der Waals surface area contributed by atoms with Crippen LogP contribution in [0.4, 0.5) is 15.6 Å². The van der Waals surface area contributed by atoms with E-state index in [1.807, 2.05) is 57.2 Å². The van der Waals surface area contributed by atoms with Gasteiger partial charge in [0.05, 0.1) is 27.0 Å². The summed E-state index contributed by atoms with van der Waals surface area (Å²) in [4.78, 5) is 29.7. The topological polar surface area (TPSA) is 83.1 Å². The number of hydrogen-bond acceptors (Lipinski definition) is 4. The van der Waals surface area contributed by atoms with Crippen LogP contribution in [-0.4, -0.2) is 16.9 Å². The summed E-state index contributed by atoms with van der Waals surface area (Å²) in [5.41, 5.74) is 4.84. The largest absolute Gasteiger partial charge is 0.331 e. The molecule has 33 heavy (non-hydrogen) atoms. The molecule has 0 aliphatic heterocycles. The van der Waals surface area contributed by atoms with Crippen molar-refractivity contribution in [3.05, 3.63) is 87.9 Å². The predicted molar refractivity (Wildman–Crippen MR) is 136 cm³/mol. The van der Waals surface area contributed by atoms with Crippen molar-refractivity contribution in [2.45, 2.75) is 26.8 Å². The molecule has 3 N–H and O–H groups in total. The second-order valence-electron chi connectivity index (χ2n) is 7.82. The number of fused-ring (bicyclic) bond motifs is 1. The van der Waals surface area contributed by atoms with Gasteiger partial charge in [0, 0.05) is 5.56 Å². The molecule has 0 bridgehead atoms. The van der Waals surface area contributed by atoms with E-state index in [1.54, 1.807) is 24.3 Å². The van der Waals surface area contributed by atoms with E-state index in [0.29, 0.717) is 26.9 Å². The molecule has 168 valence electrons. The zero-order chi connectivity index (χ0) is 23.5. The molecule has 0 radical (unpaired) electrons. The van der Waals surface area contributed by atoms with Crippen LogP contribution < -0.4 is 16.0 Å². The van der Waals surface area contributed by atoms with Crippen molar-refractivity contribution in [1.29, 1.82) is 0 Å². The molecule has 6 nitrogen and oxygen atoms in total. The molecule has 0 spiro atoms. The molecular weight excluding hydrogens is 456 g/mol. The molecule has 3 amide bonds. The van der Waals surface area contributed by atoms with E-state index in [-0.39, 0.29) is 18.0 Å². The Morgan fingerprint density at radius 1 is 1.00 bits per heavy atom. The third kappa shape index (κ3) is 5.32. The lowest BCUT2D eigenvalue weighted by molar-refractivity contribution is 0.102. The summed E-state index contributed by atoms with van der Waals surface area (Å²) in [6, 6.07) is 18.2. The molecule has 0 aliphatic carbocycles. The number of amides is 3. The Bertz CT molecular complexity index is 1310. The average Bonchev–Trinajstić information content (AvgIpc) is 3.17. The van der Waals surface area contributed by atoms with E-state index in [4.69, 9.17) is 11.6 Å². The molecule has 4 rings (SSSR count). The highest BCUT2D eigenvalue weighted by Gasteiger charge is 2.15. The van der Waals surface area contributed by atoms with E-state index in [2.05, 4.69) is 20.9 Å². The summed E-state index contributed by atoms with van der Waals surface area (Å²) in [7, 11) is 0. The van der Waals surface area contributed by atoms with Gasteiger partial charge in [-0.3, -0.25) is 10.1 Å². The monoisotopic (exact) mass is 478 g/mol. The van der Waals surface area contributed by atoms with Crippen molar-refractivity contribution >= 4 is 55.9 Å². The first-order valence-corrected chi connectivity index (χ1v) is 11.6. The number of carbonyl (C=O) groups is 2. The minimum atomic E-state index is -0.339. The van der Waals surface area contributed by atoms with Crippen molar-refractivity contribution in [2.75, 3.05) is 10.6 Å².